The van der Waals surface area contributed by atoms with Gasteiger partial charge in [-0.2, -0.15) is 0 Å². The van der Waals surface area contributed by atoms with Crippen molar-refractivity contribution in [2.24, 2.45) is 0 Å². The van der Waals surface area contributed by atoms with Gasteiger partial charge in [-0.15, -0.1) is 0 Å². The number of rotatable bonds is 4. The van der Waals surface area contributed by atoms with Gasteiger partial charge in [0.15, 0.2) is 6.61 Å². The van der Waals surface area contributed by atoms with Crippen molar-refractivity contribution in [3.8, 4) is 5.75 Å². The second-order valence-electron chi connectivity index (χ2n) is 5.00. The standard InChI is InChI=1S/C14H18Cl2N2O2/c15-10-6-12(17)13(7-11(10)16)20-8-14(19)18-9-4-2-1-3-5-9/h6-7,9H,1-5,8,17H2,(H,18,19). The normalized spacial score (nSPS) is 15.9. The molecule has 4 nitrogen and oxygen atoms in total. The third kappa shape index (κ3) is 4.18. The van der Waals surface area contributed by atoms with E-state index in [0.717, 1.165) is 12.8 Å². The molecule has 1 aromatic rings. The van der Waals surface area contributed by atoms with Crippen molar-refractivity contribution < 1.29 is 9.53 Å². The van der Waals surface area contributed by atoms with Crippen LogP contribution in [-0.2, 0) is 4.79 Å². The number of halogens is 2. The fourth-order valence-electron chi connectivity index (χ4n) is 2.33. The Balaban J connectivity index is 1.85. The minimum absolute atomic E-state index is 0.0708. The number of hydrogen-bond donors (Lipinski definition) is 2. The van der Waals surface area contributed by atoms with Crippen LogP contribution in [-0.4, -0.2) is 18.6 Å². The fourth-order valence-corrected chi connectivity index (χ4v) is 2.65. The number of carbonyl (C=O) groups is 1. The van der Waals surface area contributed by atoms with Crippen LogP contribution in [0.2, 0.25) is 10.0 Å². The summed E-state index contributed by atoms with van der Waals surface area (Å²) in [5.41, 5.74) is 6.13. The number of nitrogens with one attached hydrogen (secondary N) is 1. The molecule has 1 fully saturated rings. The Morgan fingerprint density at radius 3 is 2.60 bits per heavy atom. The van der Waals surface area contributed by atoms with Crippen molar-refractivity contribution in [3.63, 3.8) is 0 Å². The summed E-state index contributed by atoms with van der Waals surface area (Å²) < 4.78 is 5.40. The molecule has 1 saturated carbocycles. The maximum atomic E-state index is 11.8. The highest BCUT2D eigenvalue weighted by molar-refractivity contribution is 6.42. The van der Waals surface area contributed by atoms with E-state index in [1.165, 1.54) is 31.4 Å². The first-order valence-corrected chi connectivity index (χ1v) is 7.48. The molecular weight excluding hydrogens is 299 g/mol. The Kier molecular flexibility index (Phi) is 5.38. The number of nitrogens with two attached hydrogens (primary N) is 1. The van der Waals surface area contributed by atoms with Crippen LogP contribution in [0.1, 0.15) is 32.1 Å². The maximum absolute atomic E-state index is 11.8. The summed E-state index contributed by atoms with van der Waals surface area (Å²) in [6.45, 7) is -0.0708. The van der Waals surface area contributed by atoms with Gasteiger partial charge in [-0.1, -0.05) is 42.5 Å². The molecule has 2 rings (SSSR count). The van der Waals surface area contributed by atoms with Gasteiger partial charge in [0.05, 0.1) is 15.7 Å². The average molecular weight is 317 g/mol. The largest absolute Gasteiger partial charge is 0.482 e. The van der Waals surface area contributed by atoms with Crippen LogP contribution in [0.15, 0.2) is 12.1 Å². The van der Waals surface area contributed by atoms with Gasteiger partial charge >= 0.3 is 0 Å². The zero-order valence-electron chi connectivity index (χ0n) is 11.1. The number of hydrogen-bond acceptors (Lipinski definition) is 3. The molecule has 1 aliphatic carbocycles. The van der Waals surface area contributed by atoms with Crippen LogP contribution in [0.5, 0.6) is 5.75 Å². The second kappa shape index (κ2) is 7.04. The van der Waals surface area contributed by atoms with Crippen molar-refractivity contribution in [1.82, 2.24) is 5.32 Å². The number of amides is 1. The van der Waals surface area contributed by atoms with Gasteiger partial charge in [0.1, 0.15) is 5.75 Å². The molecule has 0 heterocycles. The Hall–Kier alpha value is -1.13. The molecule has 0 aromatic heterocycles. The van der Waals surface area contributed by atoms with Crippen molar-refractivity contribution >= 4 is 34.8 Å². The summed E-state index contributed by atoms with van der Waals surface area (Å²) in [5.74, 6) is 0.237. The molecule has 0 radical (unpaired) electrons. The molecule has 0 saturated heterocycles. The van der Waals surface area contributed by atoms with E-state index in [-0.39, 0.29) is 18.6 Å². The third-order valence-electron chi connectivity index (χ3n) is 3.38. The monoisotopic (exact) mass is 316 g/mol. The van der Waals surface area contributed by atoms with E-state index >= 15 is 0 Å². The molecule has 0 spiro atoms. The zero-order chi connectivity index (χ0) is 14.5. The number of ether oxygens (including phenoxy) is 1. The molecule has 0 atom stereocenters. The first-order chi connectivity index (χ1) is 9.56. The van der Waals surface area contributed by atoms with E-state index < -0.39 is 0 Å². The van der Waals surface area contributed by atoms with Crippen LogP contribution in [0, 0.1) is 0 Å². The van der Waals surface area contributed by atoms with E-state index in [2.05, 4.69) is 5.32 Å². The summed E-state index contributed by atoms with van der Waals surface area (Å²) in [5, 5.41) is 3.69. The summed E-state index contributed by atoms with van der Waals surface area (Å²) >= 11 is 11.7. The van der Waals surface area contributed by atoms with Crippen molar-refractivity contribution in [1.29, 1.82) is 0 Å². The van der Waals surface area contributed by atoms with Crippen LogP contribution in [0.4, 0.5) is 5.69 Å². The third-order valence-corrected chi connectivity index (χ3v) is 4.10. The van der Waals surface area contributed by atoms with Gasteiger partial charge < -0.3 is 15.8 Å². The van der Waals surface area contributed by atoms with Gasteiger partial charge in [-0.05, 0) is 18.9 Å². The minimum atomic E-state index is -0.137. The van der Waals surface area contributed by atoms with E-state index in [4.69, 9.17) is 33.7 Å². The highest BCUT2D eigenvalue weighted by Gasteiger charge is 2.16. The summed E-state index contributed by atoms with van der Waals surface area (Å²) in [4.78, 5) is 11.8. The van der Waals surface area contributed by atoms with Crippen molar-refractivity contribution in [3.05, 3.63) is 22.2 Å². The molecule has 110 valence electrons. The van der Waals surface area contributed by atoms with Crippen LogP contribution in [0.3, 0.4) is 0 Å². The molecule has 0 unspecified atom stereocenters. The summed E-state index contributed by atoms with van der Waals surface area (Å²) in [6.07, 6.45) is 5.68. The molecule has 20 heavy (non-hydrogen) atoms. The van der Waals surface area contributed by atoms with E-state index in [9.17, 15) is 4.79 Å². The predicted octanol–water partition coefficient (Wildman–Crippen LogP) is 3.40. The highest BCUT2D eigenvalue weighted by Crippen LogP contribution is 2.32. The van der Waals surface area contributed by atoms with Crippen molar-refractivity contribution in [2.75, 3.05) is 12.3 Å². The molecule has 1 aliphatic rings. The van der Waals surface area contributed by atoms with Crippen LogP contribution >= 0.6 is 23.2 Å². The molecule has 1 aromatic carbocycles. The highest BCUT2D eigenvalue weighted by atomic mass is 35.5. The smallest absolute Gasteiger partial charge is 0.258 e. The Labute approximate surface area is 128 Å². The first-order valence-electron chi connectivity index (χ1n) is 6.73. The Morgan fingerprint density at radius 2 is 1.90 bits per heavy atom. The maximum Gasteiger partial charge on any atom is 0.258 e. The van der Waals surface area contributed by atoms with Gasteiger partial charge in [0.25, 0.3) is 5.91 Å². The number of anilines is 1. The summed E-state index contributed by atoms with van der Waals surface area (Å²) in [7, 11) is 0. The Morgan fingerprint density at radius 1 is 1.25 bits per heavy atom. The lowest BCUT2D eigenvalue weighted by atomic mass is 9.95. The minimum Gasteiger partial charge on any atom is -0.482 e. The number of carbonyl (C=O) groups excluding carboxylic acids is 1. The van der Waals surface area contributed by atoms with Crippen molar-refractivity contribution in [2.45, 2.75) is 38.1 Å². The van der Waals surface area contributed by atoms with E-state index in [1.807, 2.05) is 0 Å². The molecule has 1 amide bonds. The van der Waals surface area contributed by atoms with Crippen LogP contribution in [0.25, 0.3) is 0 Å². The molecule has 0 bridgehead atoms. The van der Waals surface area contributed by atoms with Gasteiger partial charge in [0, 0.05) is 12.1 Å². The number of nitrogen functional groups attached to an aromatic ring is 1. The molecule has 3 N–H and O–H groups in total. The molecule has 0 aliphatic heterocycles. The number of benzene rings is 1. The average Bonchev–Trinajstić information content (AvgIpc) is 2.42. The summed E-state index contributed by atoms with van der Waals surface area (Å²) in [6, 6.07) is 3.30. The molecular formula is C14H18Cl2N2O2. The van der Waals surface area contributed by atoms with Gasteiger partial charge in [-0.3, -0.25) is 4.79 Å². The SMILES string of the molecule is Nc1cc(Cl)c(Cl)cc1OCC(=O)NC1CCCCC1. The van der Waals surface area contributed by atoms with Crippen LogP contribution < -0.4 is 15.8 Å². The van der Waals surface area contributed by atoms with E-state index in [0.29, 0.717) is 21.5 Å². The van der Waals surface area contributed by atoms with Gasteiger partial charge in [-0.25, -0.2) is 0 Å². The lowest BCUT2D eigenvalue weighted by molar-refractivity contribution is -0.124. The van der Waals surface area contributed by atoms with Gasteiger partial charge in [0.2, 0.25) is 0 Å². The molecule has 6 heteroatoms. The topological polar surface area (TPSA) is 64.3 Å². The predicted molar refractivity (Wildman–Crippen MR) is 81.4 cm³/mol. The fraction of sp³-hybridized carbons (Fsp3) is 0.500. The second-order valence-corrected chi connectivity index (χ2v) is 5.81. The Bertz CT molecular complexity index is 488. The lowest BCUT2D eigenvalue weighted by Gasteiger charge is -2.22. The van der Waals surface area contributed by atoms with E-state index in [1.54, 1.807) is 0 Å². The zero-order valence-corrected chi connectivity index (χ0v) is 12.6. The lowest BCUT2D eigenvalue weighted by Crippen LogP contribution is -2.39. The first kappa shape index (κ1) is 15.3. The quantitative estimate of drug-likeness (QED) is 0.837.